The minimum absolute atomic E-state index is 0.0683. The van der Waals surface area contributed by atoms with Gasteiger partial charge in [0.25, 0.3) is 0 Å². The normalized spacial score (nSPS) is 17.0. The maximum absolute atomic E-state index is 12.9. The maximum atomic E-state index is 12.9. The fourth-order valence-corrected chi connectivity index (χ4v) is 2.96. The molecule has 1 aliphatic rings. The van der Waals surface area contributed by atoms with Crippen molar-refractivity contribution < 1.29 is 9.53 Å². The standard InChI is InChI=1S/C16H22ClNO2/c1-16(2,18-9-5-4-6-10-18)15(19)13-11-12(17)7-8-14(13)20-3/h7-8,11H,4-6,9-10H2,1-3H3. The molecule has 1 aliphatic heterocycles. The molecule has 110 valence electrons. The summed E-state index contributed by atoms with van der Waals surface area (Å²) in [6.07, 6.45) is 3.56. The van der Waals surface area contributed by atoms with E-state index in [0.717, 1.165) is 25.9 Å². The molecule has 0 saturated carbocycles. The molecule has 4 heteroatoms. The first kappa shape index (κ1) is 15.3. The van der Waals surface area contributed by atoms with Crippen molar-refractivity contribution in [3.8, 4) is 5.75 Å². The number of benzene rings is 1. The molecule has 20 heavy (non-hydrogen) atoms. The summed E-state index contributed by atoms with van der Waals surface area (Å²) >= 11 is 6.03. The van der Waals surface area contributed by atoms with Crippen LogP contribution in [0.2, 0.25) is 5.02 Å². The van der Waals surface area contributed by atoms with Gasteiger partial charge < -0.3 is 4.74 Å². The van der Waals surface area contributed by atoms with Gasteiger partial charge in [0, 0.05) is 5.02 Å². The molecule has 0 atom stereocenters. The second-order valence-electron chi connectivity index (χ2n) is 5.78. The largest absolute Gasteiger partial charge is 0.496 e. The molecular formula is C16H22ClNO2. The second kappa shape index (κ2) is 6.15. The van der Waals surface area contributed by atoms with E-state index in [0.29, 0.717) is 16.3 Å². The van der Waals surface area contributed by atoms with Gasteiger partial charge in [-0.3, -0.25) is 9.69 Å². The summed E-state index contributed by atoms with van der Waals surface area (Å²) in [6.45, 7) is 5.92. The first-order chi connectivity index (χ1) is 9.46. The molecule has 0 spiro atoms. The summed E-state index contributed by atoms with van der Waals surface area (Å²) in [5, 5.41) is 0.559. The van der Waals surface area contributed by atoms with Gasteiger partial charge in [-0.15, -0.1) is 0 Å². The molecule has 1 aromatic rings. The summed E-state index contributed by atoms with van der Waals surface area (Å²) < 4.78 is 5.31. The van der Waals surface area contributed by atoms with Gasteiger partial charge in [0.15, 0.2) is 5.78 Å². The van der Waals surface area contributed by atoms with Crippen LogP contribution in [0.3, 0.4) is 0 Å². The number of hydrogen-bond acceptors (Lipinski definition) is 3. The number of Topliss-reactive ketones (excluding diaryl/α,β-unsaturated/α-hetero) is 1. The Labute approximate surface area is 125 Å². The molecule has 0 N–H and O–H groups in total. The number of halogens is 1. The van der Waals surface area contributed by atoms with Gasteiger partial charge >= 0.3 is 0 Å². The van der Waals surface area contributed by atoms with Crippen LogP contribution in [-0.4, -0.2) is 36.4 Å². The van der Waals surface area contributed by atoms with E-state index >= 15 is 0 Å². The zero-order valence-electron chi connectivity index (χ0n) is 12.4. The predicted molar refractivity (Wildman–Crippen MR) is 81.8 cm³/mol. The number of methoxy groups -OCH3 is 1. The van der Waals surface area contributed by atoms with Crippen molar-refractivity contribution >= 4 is 17.4 Å². The number of nitrogens with zero attached hydrogens (tertiary/aromatic N) is 1. The lowest BCUT2D eigenvalue weighted by Crippen LogP contribution is -2.52. The topological polar surface area (TPSA) is 29.5 Å². The van der Waals surface area contributed by atoms with Crippen molar-refractivity contribution in [1.29, 1.82) is 0 Å². The van der Waals surface area contributed by atoms with E-state index in [-0.39, 0.29) is 5.78 Å². The van der Waals surface area contributed by atoms with Crippen LogP contribution in [0.1, 0.15) is 43.5 Å². The summed E-state index contributed by atoms with van der Waals surface area (Å²) in [6, 6.07) is 5.20. The zero-order chi connectivity index (χ0) is 14.8. The van der Waals surface area contributed by atoms with Gasteiger partial charge in [-0.2, -0.15) is 0 Å². The third kappa shape index (κ3) is 2.99. The van der Waals surface area contributed by atoms with E-state index in [9.17, 15) is 4.79 Å². The van der Waals surface area contributed by atoms with Crippen LogP contribution in [0.15, 0.2) is 18.2 Å². The molecule has 0 aliphatic carbocycles. The van der Waals surface area contributed by atoms with E-state index in [1.165, 1.54) is 6.42 Å². The summed E-state index contributed by atoms with van der Waals surface area (Å²) in [5.41, 5.74) is 0.0360. The van der Waals surface area contributed by atoms with Crippen LogP contribution in [0.5, 0.6) is 5.75 Å². The van der Waals surface area contributed by atoms with Crippen LogP contribution in [0.4, 0.5) is 0 Å². The quantitative estimate of drug-likeness (QED) is 0.791. The third-order valence-electron chi connectivity index (χ3n) is 4.11. The summed E-state index contributed by atoms with van der Waals surface area (Å²) in [7, 11) is 1.58. The maximum Gasteiger partial charge on any atom is 0.186 e. The fourth-order valence-electron chi connectivity index (χ4n) is 2.78. The zero-order valence-corrected chi connectivity index (χ0v) is 13.2. The highest BCUT2D eigenvalue weighted by Crippen LogP contribution is 2.30. The lowest BCUT2D eigenvalue weighted by atomic mass is 9.89. The van der Waals surface area contributed by atoms with Crippen molar-refractivity contribution in [2.45, 2.75) is 38.6 Å². The molecule has 0 unspecified atom stereocenters. The Bertz CT molecular complexity index is 493. The minimum atomic E-state index is -0.529. The molecule has 0 radical (unpaired) electrons. The van der Waals surface area contributed by atoms with Crippen LogP contribution in [-0.2, 0) is 0 Å². The average Bonchev–Trinajstić information content (AvgIpc) is 2.47. The molecule has 1 heterocycles. The SMILES string of the molecule is COc1ccc(Cl)cc1C(=O)C(C)(C)N1CCCCC1. The van der Waals surface area contributed by atoms with E-state index in [4.69, 9.17) is 16.3 Å². The van der Waals surface area contributed by atoms with Crippen LogP contribution in [0, 0.1) is 0 Å². The minimum Gasteiger partial charge on any atom is -0.496 e. The number of rotatable bonds is 4. The van der Waals surface area contributed by atoms with Gasteiger partial charge in [-0.1, -0.05) is 18.0 Å². The lowest BCUT2D eigenvalue weighted by Gasteiger charge is -2.40. The predicted octanol–water partition coefficient (Wildman–Crippen LogP) is 3.80. The van der Waals surface area contributed by atoms with E-state index in [2.05, 4.69) is 4.90 Å². The van der Waals surface area contributed by atoms with Gasteiger partial charge in [0.05, 0.1) is 18.2 Å². The smallest absolute Gasteiger partial charge is 0.186 e. The van der Waals surface area contributed by atoms with E-state index in [1.807, 2.05) is 13.8 Å². The summed E-state index contributed by atoms with van der Waals surface area (Å²) in [4.78, 5) is 15.2. The Hall–Kier alpha value is -1.06. The molecular weight excluding hydrogens is 274 g/mol. The van der Waals surface area contributed by atoms with Crippen molar-refractivity contribution in [1.82, 2.24) is 4.90 Å². The number of likely N-dealkylation sites (tertiary alicyclic amines) is 1. The monoisotopic (exact) mass is 295 g/mol. The summed E-state index contributed by atoms with van der Waals surface area (Å²) in [5.74, 6) is 0.656. The Morgan fingerprint density at radius 1 is 1.25 bits per heavy atom. The molecule has 1 fully saturated rings. The van der Waals surface area contributed by atoms with E-state index < -0.39 is 5.54 Å². The number of ether oxygens (including phenoxy) is 1. The van der Waals surface area contributed by atoms with Crippen molar-refractivity contribution in [2.75, 3.05) is 20.2 Å². The van der Waals surface area contributed by atoms with Crippen LogP contribution in [0.25, 0.3) is 0 Å². The number of ketones is 1. The molecule has 3 nitrogen and oxygen atoms in total. The Morgan fingerprint density at radius 2 is 1.90 bits per heavy atom. The molecule has 0 aromatic heterocycles. The number of hydrogen-bond donors (Lipinski definition) is 0. The van der Waals surface area contributed by atoms with Crippen molar-refractivity contribution in [3.05, 3.63) is 28.8 Å². The van der Waals surface area contributed by atoms with Crippen LogP contribution >= 0.6 is 11.6 Å². The van der Waals surface area contributed by atoms with Gasteiger partial charge in [-0.25, -0.2) is 0 Å². The molecule has 0 bridgehead atoms. The van der Waals surface area contributed by atoms with Gasteiger partial charge in [0.2, 0.25) is 0 Å². The Morgan fingerprint density at radius 3 is 2.50 bits per heavy atom. The van der Waals surface area contributed by atoms with Crippen molar-refractivity contribution in [2.24, 2.45) is 0 Å². The van der Waals surface area contributed by atoms with Crippen molar-refractivity contribution in [3.63, 3.8) is 0 Å². The fraction of sp³-hybridized carbons (Fsp3) is 0.562. The highest BCUT2D eigenvalue weighted by atomic mass is 35.5. The lowest BCUT2D eigenvalue weighted by molar-refractivity contribution is 0.0576. The number of piperidine rings is 1. The Balaban J connectivity index is 2.31. The van der Waals surface area contributed by atoms with Gasteiger partial charge in [0.1, 0.15) is 5.75 Å². The molecule has 1 aromatic carbocycles. The molecule has 1 saturated heterocycles. The highest BCUT2D eigenvalue weighted by Gasteiger charge is 2.37. The first-order valence-electron chi connectivity index (χ1n) is 7.10. The Kier molecular flexibility index (Phi) is 4.71. The molecule has 0 amide bonds. The van der Waals surface area contributed by atoms with Crippen LogP contribution < -0.4 is 4.74 Å². The number of carbonyl (C=O) groups is 1. The van der Waals surface area contributed by atoms with E-state index in [1.54, 1.807) is 25.3 Å². The third-order valence-corrected chi connectivity index (χ3v) is 4.34. The molecule has 2 rings (SSSR count). The van der Waals surface area contributed by atoms with Gasteiger partial charge in [-0.05, 0) is 58.0 Å². The number of carbonyl (C=O) groups excluding carboxylic acids is 1. The first-order valence-corrected chi connectivity index (χ1v) is 7.48. The second-order valence-corrected chi connectivity index (χ2v) is 6.22. The highest BCUT2D eigenvalue weighted by molar-refractivity contribution is 6.31. The average molecular weight is 296 g/mol.